The Labute approximate surface area is 175 Å². The monoisotopic (exact) mass is 407 g/mol. The highest BCUT2D eigenvalue weighted by molar-refractivity contribution is 5.85. The number of piperazine rings is 1. The molecule has 3 rings (SSSR count). The summed E-state index contributed by atoms with van der Waals surface area (Å²) in [6, 6.07) is 8.84. The largest absolute Gasteiger partial charge is 0.343 e. The summed E-state index contributed by atoms with van der Waals surface area (Å²) >= 11 is 0. The highest BCUT2D eigenvalue weighted by atomic mass is 35.5. The molecule has 0 saturated carbocycles. The van der Waals surface area contributed by atoms with E-state index in [1.165, 1.54) is 11.1 Å². The van der Waals surface area contributed by atoms with E-state index < -0.39 is 0 Å². The smallest absolute Gasteiger partial charge is 0.223 e. The first-order chi connectivity index (χ1) is 13.1. The van der Waals surface area contributed by atoms with Crippen LogP contribution in [0.25, 0.3) is 0 Å². The van der Waals surface area contributed by atoms with Crippen LogP contribution in [0, 0.1) is 5.92 Å². The van der Waals surface area contributed by atoms with Crippen molar-refractivity contribution in [2.24, 2.45) is 5.92 Å². The Hall–Kier alpha value is -1.59. The van der Waals surface area contributed by atoms with Crippen LogP contribution >= 0.6 is 12.4 Å². The molecule has 0 aliphatic carbocycles. The van der Waals surface area contributed by atoms with Gasteiger partial charge in [-0.25, -0.2) is 0 Å². The highest BCUT2D eigenvalue weighted by Crippen LogP contribution is 2.26. The summed E-state index contributed by atoms with van der Waals surface area (Å²) in [5.41, 5.74) is 2.56. The third-order valence-corrected chi connectivity index (χ3v) is 6.16. The van der Waals surface area contributed by atoms with E-state index >= 15 is 0 Å². The van der Waals surface area contributed by atoms with Crippen molar-refractivity contribution in [1.82, 2.24) is 15.1 Å². The number of hydrogen-bond donors (Lipinski definition) is 1. The number of carbonyl (C=O) groups excluding carboxylic acids is 2. The number of nitrogens with one attached hydrogen (secondary N) is 1. The third kappa shape index (κ3) is 5.71. The van der Waals surface area contributed by atoms with Gasteiger partial charge in [0.25, 0.3) is 0 Å². The summed E-state index contributed by atoms with van der Waals surface area (Å²) in [4.78, 5) is 28.4. The van der Waals surface area contributed by atoms with Crippen molar-refractivity contribution in [1.29, 1.82) is 0 Å². The molecular weight excluding hydrogens is 374 g/mol. The van der Waals surface area contributed by atoms with Gasteiger partial charge in [0.2, 0.25) is 11.8 Å². The van der Waals surface area contributed by atoms with E-state index in [1.807, 2.05) is 4.90 Å². The molecule has 2 fully saturated rings. The van der Waals surface area contributed by atoms with Gasteiger partial charge in [0.05, 0.1) is 6.04 Å². The van der Waals surface area contributed by atoms with E-state index in [0.29, 0.717) is 12.3 Å². The van der Waals surface area contributed by atoms with Crippen LogP contribution in [-0.4, -0.2) is 54.3 Å². The number of piperidine rings is 1. The second-order valence-electron chi connectivity index (χ2n) is 7.89. The van der Waals surface area contributed by atoms with Crippen molar-refractivity contribution >= 4 is 24.2 Å². The molecule has 28 heavy (non-hydrogen) atoms. The number of carbonyl (C=O) groups is 2. The molecule has 1 unspecified atom stereocenters. The zero-order valence-electron chi connectivity index (χ0n) is 17.2. The molecule has 0 radical (unpaired) electrons. The zero-order chi connectivity index (χ0) is 19.2. The van der Waals surface area contributed by atoms with Crippen LogP contribution in [0.1, 0.15) is 56.7 Å². The molecule has 1 aromatic rings. The SMILES string of the molecule is CCc1ccc(C2CNCCN2C(=O)CCC2CCN(C(C)=O)CC2)cc1.Cl. The molecule has 2 amide bonds. The minimum Gasteiger partial charge on any atom is -0.343 e. The molecule has 1 aromatic carbocycles. The maximum absolute atomic E-state index is 13.0. The average molecular weight is 408 g/mol. The lowest BCUT2D eigenvalue weighted by molar-refractivity contribution is -0.135. The Kier molecular flexibility index (Phi) is 8.77. The van der Waals surface area contributed by atoms with Gasteiger partial charge in [-0.15, -0.1) is 12.4 Å². The van der Waals surface area contributed by atoms with Crippen LogP contribution in [-0.2, 0) is 16.0 Å². The van der Waals surface area contributed by atoms with Crippen LogP contribution in [0.2, 0.25) is 0 Å². The minimum atomic E-state index is 0. The van der Waals surface area contributed by atoms with E-state index in [-0.39, 0.29) is 30.3 Å². The van der Waals surface area contributed by atoms with E-state index in [0.717, 1.165) is 58.4 Å². The second-order valence-corrected chi connectivity index (χ2v) is 7.89. The predicted molar refractivity (Wildman–Crippen MR) is 115 cm³/mol. The molecule has 1 N–H and O–H groups in total. The number of likely N-dealkylation sites (tertiary alicyclic amines) is 1. The first-order valence-corrected chi connectivity index (χ1v) is 10.4. The zero-order valence-corrected chi connectivity index (χ0v) is 18.0. The Bertz CT molecular complexity index is 642. The number of aryl methyl sites for hydroxylation is 1. The first kappa shape index (κ1) is 22.7. The number of nitrogens with zero attached hydrogens (tertiary/aromatic N) is 2. The molecule has 2 aliphatic rings. The molecule has 0 spiro atoms. The molecule has 0 aromatic heterocycles. The van der Waals surface area contributed by atoms with E-state index in [4.69, 9.17) is 0 Å². The van der Waals surface area contributed by atoms with Crippen LogP contribution in [0.3, 0.4) is 0 Å². The van der Waals surface area contributed by atoms with Crippen molar-refractivity contribution in [2.45, 2.75) is 52.0 Å². The molecule has 6 heteroatoms. The Balaban J connectivity index is 0.00000280. The molecular formula is C22H34ClN3O2. The number of rotatable bonds is 5. The van der Waals surface area contributed by atoms with E-state index in [9.17, 15) is 9.59 Å². The lowest BCUT2D eigenvalue weighted by atomic mass is 9.91. The van der Waals surface area contributed by atoms with Crippen molar-refractivity contribution in [2.75, 3.05) is 32.7 Å². The molecule has 156 valence electrons. The van der Waals surface area contributed by atoms with Crippen molar-refractivity contribution < 1.29 is 9.59 Å². The lowest BCUT2D eigenvalue weighted by Crippen LogP contribution is -2.48. The maximum Gasteiger partial charge on any atom is 0.223 e. The van der Waals surface area contributed by atoms with Gasteiger partial charge in [0.15, 0.2) is 0 Å². The fourth-order valence-electron chi connectivity index (χ4n) is 4.28. The van der Waals surface area contributed by atoms with Crippen LogP contribution in [0.15, 0.2) is 24.3 Å². The highest BCUT2D eigenvalue weighted by Gasteiger charge is 2.28. The van der Waals surface area contributed by atoms with E-state index in [2.05, 4.69) is 41.4 Å². The van der Waals surface area contributed by atoms with Gasteiger partial charge in [0.1, 0.15) is 0 Å². The topological polar surface area (TPSA) is 52.7 Å². The fourth-order valence-corrected chi connectivity index (χ4v) is 4.28. The van der Waals surface area contributed by atoms with Crippen LogP contribution in [0.5, 0.6) is 0 Å². The molecule has 2 saturated heterocycles. The third-order valence-electron chi connectivity index (χ3n) is 6.16. The van der Waals surface area contributed by atoms with Gasteiger partial charge in [-0.3, -0.25) is 9.59 Å². The Morgan fingerprint density at radius 3 is 2.39 bits per heavy atom. The number of benzene rings is 1. The molecule has 2 heterocycles. The second kappa shape index (κ2) is 10.8. The minimum absolute atomic E-state index is 0. The van der Waals surface area contributed by atoms with Crippen LogP contribution in [0.4, 0.5) is 0 Å². The van der Waals surface area contributed by atoms with Gasteiger partial charge in [-0.2, -0.15) is 0 Å². The van der Waals surface area contributed by atoms with Gasteiger partial charge >= 0.3 is 0 Å². The Morgan fingerprint density at radius 1 is 1.11 bits per heavy atom. The number of hydrogen-bond acceptors (Lipinski definition) is 3. The summed E-state index contributed by atoms with van der Waals surface area (Å²) in [6.07, 6.45) is 4.64. The Morgan fingerprint density at radius 2 is 1.79 bits per heavy atom. The van der Waals surface area contributed by atoms with Crippen molar-refractivity contribution in [3.8, 4) is 0 Å². The van der Waals surface area contributed by atoms with Gasteiger partial charge in [0, 0.05) is 46.1 Å². The van der Waals surface area contributed by atoms with Gasteiger partial charge in [-0.05, 0) is 42.7 Å². The standard InChI is InChI=1S/C22H33N3O2.ClH/c1-3-18-4-7-20(8-5-18)21-16-23-12-15-25(21)22(27)9-6-19-10-13-24(14-11-19)17(2)26;/h4-5,7-8,19,21,23H,3,6,9-16H2,1-2H3;1H. The van der Waals surface area contributed by atoms with Crippen molar-refractivity contribution in [3.05, 3.63) is 35.4 Å². The lowest BCUT2D eigenvalue weighted by Gasteiger charge is -2.37. The van der Waals surface area contributed by atoms with Crippen molar-refractivity contribution in [3.63, 3.8) is 0 Å². The summed E-state index contributed by atoms with van der Waals surface area (Å²) < 4.78 is 0. The molecule has 1 atom stereocenters. The van der Waals surface area contributed by atoms with E-state index in [1.54, 1.807) is 6.92 Å². The molecule has 5 nitrogen and oxygen atoms in total. The summed E-state index contributed by atoms with van der Waals surface area (Å²) in [5.74, 6) is 1.01. The summed E-state index contributed by atoms with van der Waals surface area (Å²) in [6.45, 7) is 7.96. The normalized spacial score (nSPS) is 20.6. The quantitative estimate of drug-likeness (QED) is 0.815. The number of halogens is 1. The average Bonchev–Trinajstić information content (AvgIpc) is 2.72. The van der Waals surface area contributed by atoms with Crippen LogP contribution < -0.4 is 5.32 Å². The summed E-state index contributed by atoms with van der Waals surface area (Å²) in [5, 5.41) is 3.44. The fraction of sp³-hybridized carbons (Fsp3) is 0.636. The number of amides is 2. The molecule has 2 aliphatic heterocycles. The first-order valence-electron chi connectivity index (χ1n) is 10.4. The maximum atomic E-state index is 13.0. The predicted octanol–water partition coefficient (Wildman–Crippen LogP) is 3.18. The summed E-state index contributed by atoms with van der Waals surface area (Å²) in [7, 11) is 0. The van der Waals surface area contributed by atoms with Gasteiger partial charge < -0.3 is 15.1 Å². The van der Waals surface area contributed by atoms with Gasteiger partial charge in [-0.1, -0.05) is 31.2 Å². The molecule has 0 bridgehead atoms.